The van der Waals surface area contributed by atoms with Gasteiger partial charge in [0, 0.05) is 11.6 Å². The summed E-state index contributed by atoms with van der Waals surface area (Å²) in [6.45, 7) is 5.11. The van der Waals surface area contributed by atoms with Crippen LogP contribution >= 0.6 is 11.6 Å². The van der Waals surface area contributed by atoms with Crippen molar-refractivity contribution in [1.82, 2.24) is 4.98 Å². The van der Waals surface area contributed by atoms with Gasteiger partial charge in [-0.05, 0) is 6.07 Å². The molecule has 0 unspecified atom stereocenters. The number of carbonyl (C=O) groups excluding carboxylic acids is 1. The summed E-state index contributed by atoms with van der Waals surface area (Å²) in [6, 6.07) is 1.15. The number of ketones is 1. The molecule has 0 saturated carbocycles. The number of carbonyl (C=O) groups is 1. The molecule has 1 aromatic rings. The lowest BCUT2D eigenvalue weighted by molar-refractivity contribution is 0.0858. The van der Waals surface area contributed by atoms with Crippen LogP contribution < -0.4 is 5.14 Å². The molecular weight excluding hydrogens is 264 g/mol. The van der Waals surface area contributed by atoms with Gasteiger partial charge in [-0.2, -0.15) is 0 Å². The number of halogens is 1. The van der Waals surface area contributed by atoms with E-state index in [0.717, 1.165) is 12.3 Å². The first-order chi connectivity index (χ1) is 7.53. The summed E-state index contributed by atoms with van der Waals surface area (Å²) < 4.78 is 22.3. The average Bonchev–Trinajstić information content (AvgIpc) is 2.14. The molecule has 0 aromatic carbocycles. The smallest absolute Gasteiger partial charge is 0.239 e. The number of nitrogens with two attached hydrogens (primary N) is 1. The topological polar surface area (TPSA) is 90.1 Å². The Hall–Kier alpha value is -0.980. The summed E-state index contributed by atoms with van der Waals surface area (Å²) >= 11 is 5.78. The number of sulfonamides is 1. The summed E-state index contributed by atoms with van der Waals surface area (Å²) in [4.78, 5) is 15.4. The van der Waals surface area contributed by atoms with Gasteiger partial charge in [0.15, 0.2) is 5.78 Å². The molecular formula is C10H13ClN2O3S. The van der Waals surface area contributed by atoms with E-state index in [9.17, 15) is 13.2 Å². The number of hydrogen-bond acceptors (Lipinski definition) is 4. The van der Waals surface area contributed by atoms with Crippen LogP contribution in [0.25, 0.3) is 0 Å². The molecule has 0 radical (unpaired) electrons. The molecule has 0 aliphatic heterocycles. The summed E-state index contributed by atoms with van der Waals surface area (Å²) in [6.07, 6.45) is 1.02. The second kappa shape index (κ2) is 4.36. The van der Waals surface area contributed by atoms with Crippen molar-refractivity contribution >= 4 is 27.4 Å². The summed E-state index contributed by atoms with van der Waals surface area (Å²) in [5.41, 5.74) is -0.617. The van der Waals surface area contributed by atoms with Crippen molar-refractivity contribution in [1.29, 1.82) is 0 Å². The third-order valence-electron chi connectivity index (χ3n) is 2.07. The molecule has 1 rings (SSSR count). The maximum atomic E-state index is 12.0. The molecule has 0 fully saturated rings. The van der Waals surface area contributed by atoms with Crippen molar-refractivity contribution < 1.29 is 13.2 Å². The van der Waals surface area contributed by atoms with Gasteiger partial charge in [-0.25, -0.2) is 18.5 Å². The molecule has 5 nitrogen and oxygen atoms in total. The van der Waals surface area contributed by atoms with E-state index >= 15 is 0 Å². The second-order valence-corrected chi connectivity index (χ2v) is 6.55. The van der Waals surface area contributed by atoms with Gasteiger partial charge < -0.3 is 0 Å². The van der Waals surface area contributed by atoms with Crippen LogP contribution in [0.3, 0.4) is 0 Å². The minimum absolute atomic E-state index is 0.0303. The van der Waals surface area contributed by atoms with Crippen LogP contribution in [0.4, 0.5) is 0 Å². The van der Waals surface area contributed by atoms with Crippen LogP contribution in [0, 0.1) is 5.41 Å². The number of rotatable bonds is 2. The molecule has 0 saturated heterocycles. The van der Waals surface area contributed by atoms with E-state index in [1.807, 2.05) is 0 Å². The van der Waals surface area contributed by atoms with E-state index in [4.69, 9.17) is 16.7 Å². The van der Waals surface area contributed by atoms with E-state index in [2.05, 4.69) is 4.98 Å². The van der Waals surface area contributed by atoms with Crippen LogP contribution in [0.1, 0.15) is 31.1 Å². The zero-order chi connectivity index (χ0) is 13.4. The van der Waals surface area contributed by atoms with E-state index in [-0.39, 0.29) is 21.4 Å². The van der Waals surface area contributed by atoms with Crippen LogP contribution in [-0.2, 0) is 10.0 Å². The van der Waals surface area contributed by atoms with Crippen molar-refractivity contribution in [3.05, 3.63) is 23.0 Å². The zero-order valence-electron chi connectivity index (χ0n) is 9.69. The standard InChI is InChI=1S/C10H13ClN2O3S/c1-10(2,3)8(14)7-4-6(17(12,15)16)5-13-9(7)11/h4-5H,1-3H3,(H2,12,15,16). The third-order valence-corrected chi connectivity index (χ3v) is 3.25. The predicted molar refractivity (Wildman–Crippen MR) is 64.4 cm³/mol. The van der Waals surface area contributed by atoms with Crippen molar-refractivity contribution in [3.63, 3.8) is 0 Å². The first-order valence-corrected chi connectivity index (χ1v) is 6.69. The van der Waals surface area contributed by atoms with Crippen LogP contribution in [-0.4, -0.2) is 19.2 Å². The minimum atomic E-state index is -3.89. The highest BCUT2D eigenvalue weighted by Crippen LogP contribution is 2.26. The Labute approximate surface area is 105 Å². The first kappa shape index (κ1) is 14.1. The van der Waals surface area contributed by atoms with Crippen LogP contribution in [0.15, 0.2) is 17.2 Å². The summed E-state index contributed by atoms with van der Waals surface area (Å²) in [7, 11) is -3.89. The van der Waals surface area contributed by atoms with E-state index < -0.39 is 15.4 Å². The number of hydrogen-bond donors (Lipinski definition) is 1. The summed E-state index contributed by atoms with van der Waals surface area (Å²) in [5.74, 6) is -0.291. The normalized spacial score (nSPS) is 12.5. The number of Topliss-reactive ketones (excluding diaryl/α,β-unsaturated/α-hetero) is 1. The number of primary sulfonamides is 1. The monoisotopic (exact) mass is 276 g/mol. The highest BCUT2D eigenvalue weighted by atomic mass is 35.5. The molecule has 1 aromatic heterocycles. The molecule has 0 amide bonds. The molecule has 94 valence electrons. The number of pyridine rings is 1. The quantitative estimate of drug-likeness (QED) is 0.656. The van der Waals surface area contributed by atoms with E-state index in [1.54, 1.807) is 20.8 Å². The Morgan fingerprint density at radius 1 is 1.41 bits per heavy atom. The highest BCUT2D eigenvalue weighted by molar-refractivity contribution is 7.89. The van der Waals surface area contributed by atoms with Gasteiger partial charge in [0.1, 0.15) is 10.0 Å². The Balaban J connectivity index is 3.40. The minimum Gasteiger partial charge on any atom is -0.293 e. The molecule has 17 heavy (non-hydrogen) atoms. The highest BCUT2D eigenvalue weighted by Gasteiger charge is 2.26. The number of aromatic nitrogens is 1. The van der Waals surface area contributed by atoms with E-state index in [1.165, 1.54) is 0 Å². The van der Waals surface area contributed by atoms with Crippen molar-refractivity contribution in [2.24, 2.45) is 10.6 Å². The van der Waals surface area contributed by atoms with Gasteiger partial charge in [0.2, 0.25) is 10.0 Å². The van der Waals surface area contributed by atoms with Gasteiger partial charge in [0.25, 0.3) is 0 Å². The average molecular weight is 277 g/mol. The van der Waals surface area contributed by atoms with Gasteiger partial charge in [-0.1, -0.05) is 32.4 Å². The molecule has 2 N–H and O–H groups in total. The van der Waals surface area contributed by atoms with Gasteiger partial charge in [-0.15, -0.1) is 0 Å². The lowest BCUT2D eigenvalue weighted by Crippen LogP contribution is -2.22. The Morgan fingerprint density at radius 2 is 1.94 bits per heavy atom. The predicted octanol–water partition coefficient (Wildman–Crippen LogP) is 1.61. The molecule has 0 spiro atoms. The molecule has 1 heterocycles. The zero-order valence-corrected chi connectivity index (χ0v) is 11.3. The van der Waals surface area contributed by atoms with Gasteiger partial charge >= 0.3 is 0 Å². The molecule has 0 atom stereocenters. The van der Waals surface area contributed by atoms with Gasteiger partial charge in [-0.3, -0.25) is 4.79 Å². The van der Waals surface area contributed by atoms with Crippen molar-refractivity contribution in [2.45, 2.75) is 25.7 Å². The first-order valence-electron chi connectivity index (χ1n) is 4.76. The van der Waals surface area contributed by atoms with Gasteiger partial charge in [0.05, 0.1) is 5.56 Å². The molecule has 0 bridgehead atoms. The Kier molecular flexibility index (Phi) is 3.61. The lowest BCUT2D eigenvalue weighted by Gasteiger charge is -2.17. The lowest BCUT2D eigenvalue weighted by atomic mass is 9.87. The molecule has 7 heteroatoms. The van der Waals surface area contributed by atoms with E-state index in [0.29, 0.717) is 0 Å². The molecule has 0 aliphatic carbocycles. The Bertz CT molecular complexity index is 561. The Morgan fingerprint density at radius 3 is 2.35 bits per heavy atom. The SMILES string of the molecule is CC(C)(C)C(=O)c1cc(S(N)(=O)=O)cnc1Cl. The maximum Gasteiger partial charge on any atom is 0.239 e. The fourth-order valence-corrected chi connectivity index (χ4v) is 1.82. The fourth-order valence-electron chi connectivity index (χ4n) is 1.15. The second-order valence-electron chi connectivity index (χ2n) is 4.63. The van der Waals surface area contributed by atoms with Crippen molar-refractivity contribution in [2.75, 3.05) is 0 Å². The van der Waals surface area contributed by atoms with Crippen LogP contribution in [0.2, 0.25) is 5.15 Å². The fraction of sp³-hybridized carbons (Fsp3) is 0.400. The molecule has 0 aliphatic rings. The largest absolute Gasteiger partial charge is 0.293 e. The number of nitrogens with zero attached hydrogens (tertiary/aromatic N) is 1. The summed E-state index contributed by atoms with van der Waals surface area (Å²) in [5, 5.41) is 4.93. The maximum absolute atomic E-state index is 12.0. The van der Waals surface area contributed by atoms with Crippen molar-refractivity contribution in [3.8, 4) is 0 Å². The van der Waals surface area contributed by atoms with Crippen LogP contribution in [0.5, 0.6) is 0 Å². The third kappa shape index (κ3) is 3.24.